The van der Waals surface area contributed by atoms with Gasteiger partial charge in [0.25, 0.3) is 0 Å². The highest BCUT2D eigenvalue weighted by molar-refractivity contribution is 5.50. The zero-order valence-corrected chi connectivity index (χ0v) is 12.9. The molecule has 110 valence electrons. The zero-order chi connectivity index (χ0) is 15.0. The molecule has 0 spiro atoms. The zero-order valence-electron chi connectivity index (χ0n) is 12.9. The van der Waals surface area contributed by atoms with Crippen LogP contribution in [0.3, 0.4) is 0 Å². The molecule has 2 aromatic rings. The summed E-state index contributed by atoms with van der Waals surface area (Å²) in [5.41, 5.74) is 6.15. The molecule has 0 amide bonds. The summed E-state index contributed by atoms with van der Waals surface area (Å²) in [6, 6.07) is 6.11. The van der Waals surface area contributed by atoms with E-state index in [4.69, 9.17) is 0 Å². The fraction of sp³-hybridized carbons (Fsp3) is 0.389. The molecule has 0 radical (unpaired) electrons. The van der Waals surface area contributed by atoms with Crippen molar-refractivity contribution in [2.24, 2.45) is 0 Å². The maximum absolute atomic E-state index is 10.2. The highest BCUT2D eigenvalue weighted by Gasteiger charge is 2.31. The molecular formula is C18H22N2O. The van der Waals surface area contributed by atoms with Crippen LogP contribution in [0.15, 0.2) is 30.6 Å². The molecule has 3 rings (SSSR count). The number of rotatable bonds is 3. The molecule has 0 saturated heterocycles. The van der Waals surface area contributed by atoms with Crippen LogP contribution < -0.4 is 5.32 Å². The lowest BCUT2D eigenvalue weighted by Crippen LogP contribution is -2.19. The SMILES string of the molecule is Cc1cnccc1CNC1CC(C)c2c(C)ccc(O)c21. The average molecular weight is 282 g/mol. The molecule has 21 heavy (non-hydrogen) atoms. The van der Waals surface area contributed by atoms with E-state index in [2.05, 4.69) is 37.1 Å². The van der Waals surface area contributed by atoms with Crippen molar-refractivity contribution in [2.75, 3.05) is 0 Å². The maximum atomic E-state index is 10.2. The van der Waals surface area contributed by atoms with Crippen molar-refractivity contribution in [3.05, 3.63) is 58.4 Å². The minimum atomic E-state index is 0.225. The van der Waals surface area contributed by atoms with E-state index < -0.39 is 0 Å². The molecular weight excluding hydrogens is 260 g/mol. The Morgan fingerprint density at radius 1 is 1.19 bits per heavy atom. The molecule has 1 aromatic heterocycles. The number of phenols is 1. The topological polar surface area (TPSA) is 45.2 Å². The quantitative estimate of drug-likeness (QED) is 0.901. The number of pyridine rings is 1. The van der Waals surface area contributed by atoms with Crippen LogP contribution in [0.25, 0.3) is 0 Å². The van der Waals surface area contributed by atoms with Gasteiger partial charge in [0.2, 0.25) is 0 Å². The molecule has 1 heterocycles. The lowest BCUT2D eigenvalue weighted by molar-refractivity contribution is 0.445. The van der Waals surface area contributed by atoms with E-state index in [0.717, 1.165) is 18.5 Å². The Labute approximate surface area is 126 Å². The second-order valence-corrected chi connectivity index (χ2v) is 6.10. The third-order valence-corrected chi connectivity index (χ3v) is 4.59. The predicted octanol–water partition coefficient (Wildman–Crippen LogP) is 3.74. The molecule has 1 aromatic carbocycles. The van der Waals surface area contributed by atoms with Crippen LogP contribution in [0, 0.1) is 13.8 Å². The normalized spacial score (nSPS) is 20.5. The van der Waals surface area contributed by atoms with Crippen LogP contribution in [0.2, 0.25) is 0 Å². The number of hydrogen-bond donors (Lipinski definition) is 2. The first-order valence-electron chi connectivity index (χ1n) is 7.53. The Kier molecular flexibility index (Phi) is 3.68. The number of fused-ring (bicyclic) bond motifs is 1. The second-order valence-electron chi connectivity index (χ2n) is 6.10. The Balaban J connectivity index is 1.84. The summed E-state index contributed by atoms with van der Waals surface area (Å²) in [6.07, 6.45) is 4.76. The molecule has 0 saturated carbocycles. The molecule has 1 aliphatic rings. The Morgan fingerprint density at radius 2 is 2.00 bits per heavy atom. The van der Waals surface area contributed by atoms with E-state index in [9.17, 15) is 5.11 Å². The third kappa shape index (κ3) is 2.54. The van der Waals surface area contributed by atoms with Crippen LogP contribution in [0.5, 0.6) is 5.75 Å². The summed E-state index contributed by atoms with van der Waals surface area (Å²) in [6.45, 7) is 7.25. The molecule has 0 fully saturated rings. The first-order chi connectivity index (χ1) is 10.1. The van der Waals surface area contributed by atoms with Gasteiger partial charge in [0.05, 0.1) is 0 Å². The van der Waals surface area contributed by atoms with Gasteiger partial charge in [-0.2, -0.15) is 0 Å². The van der Waals surface area contributed by atoms with E-state index in [1.807, 2.05) is 24.5 Å². The highest BCUT2D eigenvalue weighted by atomic mass is 16.3. The van der Waals surface area contributed by atoms with Gasteiger partial charge in [-0.15, -0.1) is 0 Å². The molecule has 2 N–H and O–H groups in total. The smallest absolute Gasteiger partial charge is 0.120 e. The van der Waals surface area contributed by atoms with Crippen molar-refractivity contribution in [3.8, 4) is 5.75 Å². The standard InChI is InChI=1S/C18H22N2O/c1-11-4-5-16(21)18-15(8-12(2)17(11)18)20-10-14-6-7-19-9-13(14)3/h4-7,9,12,15,20-21H,8,10H2,1-3H3. The van der Waals surface area contributed by atoms with Gasteiger partial charge in [0.15, 0.2) is 0 Å². The highest BCUT2D eigenvalue weighted by Crippen LogP contribution is 2.45. The number of aromatic nitrogens is 1. The number of nitrogens with one attached hydrogen (secondary N) is 1. The second kappa shape index (κ2) is 5.49. The minimum absolute atomic E-state index is 0.225. The van der Waals surface area contributed by atoms with Crippen LogP contribution in [-0.4, -0.2) is 10.1 Å². The van der Waals surface area contributed by atoms with Crippen LogP contribution in [0.4, 0.5) is 0 Å². The average Bonchev–Trinajstić information content (AvgIpc) is 2.80. The molecule has 2 atom stereocenters. The Hall–Kier alpha value is -1.87. The van der Waals surface area contributed by atoms with Gasteiger partial charge in [-0.05, 0) is 60.6 Å². The maximum Gasteiger partial charge on any atom is 0.120 e. The van der Waals surface area contributed by atoms with Gasteiger partial charge in [-0.3, -0.25) is 4.98 Å². The Bertz CT molecular complexity index is 666. The fourth-order valence-electron chi connectivity index (χ4n) is 3.46. The van der Waals surface area contributed by atoms with Crippen molar-refractivity contribution in [1.29, 1.82) is 0 Å². The summed E-state index contributed by atoms with van der Waals surface area (Å²) in [5, 5.41) is 13.9. The van der Waals surface area contributed by atoms with Gasteiger partial charge < -0.3 is 10.4 Å². The summed E-state index contributed by atoms with van der Waals surface area (Å²) in [4.78, 5) is 4.13. The number of phenolic OH excluding ortho intramolecular Hbond substituents is 1. The van der Waals surface area contributed by atoms with Crippen molar-refractivity contribution < 1.29 is 5.11 Å². The minimum Gasteiger partial charge on any atom is -0.508 e. The number of benzene rings is 1. The molecule has 2 unspecified atom stereocenters. The van der Waals surface area contributed by atoms with Crippen LogP contribution >= 0.6 is 0 Å². The Morgan fingerprint density at radius 3 is 2.76 bits per heavy atom. The van der Waals surface area contributed by atoms with Gasteiger partial charge in [0.1, 0.15) is 5.75 Å². The van der Waals surface area contributed by atoms with Crippen LogP contribution in [-0.2, 0) is 6.54 Å². The summed E-state index contributed by atoms with van der Waals surface area (Å²) >= 11 is 0. The van der Waals surface area contributed by atoms with Crippen molar-refractivity contribution in [1.82, 2.24) is 10.3 Å². The van der Waals surface area contributed by atoms with E-state index in [0.29, 0.717) is 11.7 Å². The van der Waals surface area contributed by atoms with Gasteiger partial charge in [-0.25, -0.2) is 0 Å². The van der Waals surface area contributed by atoms with E-state index >= 15 is 0 Å². The van der Waals surface area contributed by atoms with Gasteiger partial charge >= 0.3 is 0 Å². The number of aryl methyl sites for hydroxylation is 2. The first kappa shape index (κ1) is 14.1. The monoisotopic (exact) mass is 282 g/mol. The molecule has 0 bridgehead atoms. The predicted molar refractivity (Wildman–Crippen MR) is 84.4 cm³/mol. The van der Waals surface area contributed by atoms with Crippen LogP contribution in [0.1, 0.15) is 53.1 Å². The van der Waals surface area contributed by atoms with E-state index in [-0.39, 0.29) is 6.04 Å². The number of nitrogens with zero attached hydrogens (tertiary/aromatic N) is 1. The van der Waals surface area contributed by atoms with Gasteiger partial charge in [-0.1, -0.05) is 13.0 Å². The summed E-state index contributed by atoms with van der Waals surface area (Å²) in [5.74, 6) is 0.909. The lowest BCUT2D eigenvalue weighted by atomic mass is 9.97. The summed E-state index contributed by atoms with van der Waals surface area (Å²) < 4.78 is 0. The molecule has 3 nitrogen and oxygen atoms in total. The number of aromatic hydroxyl groups is 1. The number of hydrogen-bond acceptors (Lipinski definition) is 3. The molecule has 1 aliphatic carbocycles. The van der Waals surface area contributed by atoms with Gasteiger partial charge in [0, 0.05) is 30.5 Å². The van der Waals surface area contributed by atoms with E-state index in [1.165, 1.54) is 22.3 Å². The van der Waals surface area contributed by atoms with Crippen molar-refractivity contribution >= 4 is 0 Å². The summed E-state index contributed by atoms with van der Waals surface area (Å²) in [7, 11) is 0. The third-order valence-electron chi connectivity index (χ3n) is 4.59. The van der Waals surface area contributed by atoms with E-state index in [1.54, 1.807) is 0 Å². The molecule has 3 heteroatoms. The largest absolute Gasteiger partial charge is 0.508 e. The molecule has 0 aliphatic heterocycles. The lowest BCUT2D eigenvalue weighted by Gasteiger charge is -2.16. The van der Waals surface area contributed by atoms with Crippen molar-refractivity contribution in [2.45, 2.75) is 45.7 Å². The fourth-order valence-corrected chi connectivity index (χ4v) is 3.46. The van der Waals surface area contributed by atoms with Crippen molar-refractivity contribution in [3.63, 3.8) is 0 Å². The first-order valence-corrected chi connectivity index (χ1v) is 7.53.